The Morgan fingerprint density at radius 3 is 2.35 bits per heavy atom. The summed E-state index contributed by atoms with van der Waals surface area (Å²) in [5.74, 6) is -0.356. The number of nitrogens with one attached hydrogen (secondary N) is 2. The molecule has 2 aliphatic heterocycles. The van der Waals surface area contributed by atoms with Gasteiger partial charge < -0.3 is 15.2 Å². The highest BCUT2D eigenvalue weighted by Gasteiger charge is 2.53. The molecule has 2 fully saturated rings. The highest BCUT2D eigenvalue weighted by atomic mass is 35.5. The molecule has 23 heavy (non-hydrogen) atoms. The molecule has 2 aliphatic rings. The number of hydrogen-bond acceptors (Lipinski definition) is 4. The Bertz CT molecular complexity index is 617. The van der Waals surface area contributed by atoms with Crippen molar-refractivity contribution >= 4 is 30.6 Å². The van der Waals surface area contributed by atoms with E-state index in [-0.39, 0.29) is 11.8 Å². The molecule has 0 spiro atoms. The second-order valence-electron chi connectivity index (χ2n) is 6.17. The topological polar surface area (TPSA) is 81.7 Å². The zero-order valence-corrected chi connectivity index (χ0v) is 13.6. The molecular weight excluding hydrogens is 316 g/mol. The van der Waals surface area contributed by atoms with Crippen molar-refractivity contribution in [2.24, 2.45) is 5.92 Å². The summed E-state index contributed by atoms with van der Waals surface area (Å²) in [5.41, 5.74) is -0.326. The Balaban J connectivity index is 1.93. The van der Waals surface area contributed by atoms with Gasteiger partial charge >= 0.3 is 13.1 Å². The summed E-state index contributed by atoms with van der Waals surface area (Å²) in [6, 6.07) is 6.55. The molecule has 0 radical (unpaired) electrons. The molecule has 8 heteroatoms. The SMILES string of the molecule is CB(O)N1CCC(C2(c3ccc(Cl)cc3)NC(=O)NC2=O)CC1. The van der Waals surface area contributed by atoms with Gasteiger partial charge in [-0.05, 0) is 56.4 Å². The molecule has 3 amide bonds. The second-order valence-corrected chi connectivity index (χ2v) is 6.60. The van der Waals surface area contributed by atoms with Crippen molar-refractivity contribution in [1.29, 1.82) is 0 Å². The lowest BCUT2D eigenvalue weighted by atomic mass is 9.71. The molecule has 122 valence electrons. The number of halogens is 1. The quantitative estimate of drug-likeness (QED) is 0.572. The maximum absolute atomic E-state index is 12.6. The van der Waals surface area contributed by atoms with Crippen LogP contribution in [0.15, 0.2) is 24.3 Å². The third kappa shape index (κ3) is 2.84. The van der Waals surface area contributed by atoms with Gasteiger partial charge in [-0.15, -0.1) is 0 Å². The Labute approximate surface area is 140 Å². The number of nitrogens with zero attached hydrogens (tertiary/aromatic N) is 1. The minimum atomic E-state index is -1.06. The van der Waals surface area contributed by atoms with E-state index in [2.05, 4.69) is 10.6 Å². The summed E-state index contributed by atoms with van der Waals surface area (Å²) in [6.07, 6.45) is 1.42. The lowest BCUT2D eigenvalue weighted by Gasteiger charge is -2.41. The molecule has 3 N–H and O–H groups in total. The highest BCUT2D eigenvalue weighted by molar-refractivity contribution is 6.45. The van der Waals surface area contributed by atoms with E-state index >= 15 is 0 Å². The van der Waals surface area contributed by atoms with E-state index in [0.717, 1.165) is 5.56 Å². The summed E-state index contributed by atoms with van der Waals surface area (Å²) in [4.78, 5) is 26.4. The predicted molar refractivity (Wildman–Crippen MR) is 87.9 cm³/mol. The molecule has 1 aromatic rings. The molecule has 0 aliphatic carbocycles. The molecule has 1 aromatic carbocycles. The third-order valence-electron chi connectivity index (χ3n) is 4.87. The number of amides is 3. The standard InChI is InChI=1S/C15H19BClN3O3/c1-16(23)20-8-6-11(7-9-20)15(13(21)18-14(22)19-15)10-2-4-12(17)5-3-10/h2-5,11,23H,6-9H2,1H3,(H2,18,19,21,22). The van der Waals surface area contributed by atoms with Gasteiger partial charge in [-0.2, -0.15) is 0 Å². The molecule has 1 unspecified atom stereocenters. The van der Waals surface area contributed by atoms with Crippen LogP contribution in [-0.4, -0.2) is 41.9 Å². The van der Waals surface area contributed by atoms with Crippen LogP contribution >= 0.6 is 11.6 Å². The van der Waals surface area contributed by atoms with Crippen molar-refractivity contribution in [3.63, 3.8) is 0 Å². The molecule has 2 saturated heterocycles. The summed E-state index contributed by atoms with van der Waals surface area (Å²) in [6.45, 7) is 3.10. The molecule has 0 aromatic heterocycles. The van der Waals surface area contributed by atoms with E-state index in [0.29, 0.717) is 31.0 Å². The van der Waals surface area contributed by atoms with E-state index in [9.17, 15) is 14.6 Å². The van der Waals surface area contributed by atoms with Gasteiger partial charge in [0.05, 0.1) is 0 Å². The summed E-state index contributed by atoms with van der Waals surface area (Å²) in [7, 11) is -0.505. The second kappa shape index (κ2) is 6.15. The number of benzene rings is 1. The van der Waals surface area contributed by atoms with Gasteiger partial charge in [0.1, 0.15) is 5.54 Å². The van der Waals surface area contributed by atoms with Crippen molar-refractivity contribution in [2.45, 2.75) is 25.2 Å². The summed E-state index contributed by atoms with van der Waals surface area (Å²) < 4.78 is 0. The monoisotopic (exact) mass is 335 g/mol. The number of imide groups is 1. The molecule has 1 atom stereocenters. The minimum absolute atomic E-state index is 0.0369. The zero-order chi connectivity index (χ0) is 16.6. The maximum atomic E-state index is 12.6. The number of urea groups is 1. The van der Waals surface area contributed by atoms with Gasteiger partial charge in [0, 0.05) is 5.02 Å². The van der Waals surface area contributed by atoms with Crippen LogP contribution in [0.25, 0.3) is 0 Å². The average Bonchev–Trinajstić information content (AvgIpc) is 2.83. The first-order valence-corrected chi connectivity index (χ1v) is 8.13. The molecule has 6 nitrogen and oxygen atoms in total. The molecular formula is C15H19BClN3O3. The minimum Gasteiger partial charge on any atom is -0.437 e. The fraction of sp³-hybridized carbons (Fsp3) is 0.467. The zero-order valence-electron chi connectivity index (χ0n) is 12.9. The van der Waals surface area contributed by atoms with Crippen LogP contribution in [-0.2, 0) is 10.3 Å². The fourth-order valence-corrected chi connectivity index (χ4v) is 3.74. The number of piperidine rings is 1. The Hall–Kier alpha value is -1.57. The first kappa shape index (κ1) is 16.3. The highest BCUT2D eigenvalue weighted by Crippen LogP contribution is 2.39. The number of carbonyl (C=O) groups excluding carboxylic acids is 2. The van der Waals surface area contributed by atoms with Crippen molar-refractivity contribution < 1.29 is 14.6 Å². The Kier molecular flexibility index (Phi) is 4.36. The maximum Gasteiger partial charge on any atom is 0.376 e. The Morgan fingerprint density at radius 2 is 1.87 bits per heavy atom. The molecule has 0 saturated carbocycles. The van der Waals surface area contributed by atoms with Crippen molar-refractivity contribution in [2.75, 3.05) is 13.1 Å². The van der Waals surface area contributed by atoms with Crippen LogP contribution in [0.3, 0.4) is 0 Å². The number of rotatable bonds is 3. The van der Waals surface area contributed by atoms with Gasteiger partial charge in [0.25, 0.3) is 5.91 Å². The van der Waals surface area contributed by atoms with Crippen molar-refractivity contribution in [3.05, 3.63) is 34.9 Å². The predicted octanol–water partition coefficient (Wildman–Crippen LogP) is 1.20. The number of carbonyl (C=O) groups is 2. The molecule has 2 heterocycles. The van der Waals surface area contributed by atoms with Crippen molar-refractivity contribution in [3.8, 4) is 0 Å². The fourth-order valence-electron chi connectivity index (χ4n) is 3.61. The van der Waals surface area contributed by atoms with Crippen LogP contribution in [0.1, 0.15) is 18.4 Å². The van der Waals surface area contributed by atoms with Gasteiger partial charge in [-0.1, -0.05) is 23.7 Å². The Morgan fingerprint density at radius 1 is 1.26 bits per heavy atom. The third-order valence-corrected chi connectivity index (χ3v) is 5.12. The summed E-state index contributed by atoms with van der Waals surface area (Å²) in [5, 5.41) is 15.5. The lowest BCUT2D eigenvalue weighted by molar-refractivity contribution is -0.127. The van der Waals surface area contributed by atoms with Gasteiger partial charge in [0.15, 0.2) is 0 Å². The van der Waals surface area contributed by atoms with E-state index in [1.54, 1.807) is 31.1 Å². The number of hydrogen-bond donors (Lipinski definition) is 3. The first-order chi connectivity index (χ1) is 10.9. The molecule has 0 bridgehead atoms. The van der Waals surface area contributed by atoms with Crippen molar-refractivity contribution in [1.82, 2.24) is 15.4 Å². The molecule has 3 rings (SSSR count). The van der Waals surface area contributed by atoms with Crippen LogP contribution in [0.4, 0.5) is 4.79 Å². The lowest BCUT2D eigenvalue weighted by Crippen LogP contribution is -2.54. The van der Waals surface area contributed by atoms with E-state index in [1.807, 2.05) is 4.81 Å². The van der Waals surface area contributed by atoms with E-state index in [1.165, 1.54) is 0 Å². The smallest absolute Gasteiger partial charge is 0.376 e. The van der Waals surface area contributed by atoms with Gasteiger partial charge in [-0.3, -0.25) is 10.1 Å². The van der Waals surface area contributed by atoms with Crippen LogP contribution in [0.5, 0.6) is 0 Å². The average molecular weight is 336 g/mol. The van der Waals surface area contributed by atoms with E-state index in [4.69, 9.17) is 11.6 Å². The normalized spacial score (nSPS) is 26.0. The van der Waals surface area contributed by atoms with E-state index < -0.39 is 18.6 Å². The van der Waals surface area contributed by atoms with Gasteiger partial charge in [0.2, 0.25) is 0 Å². The van der Waals surface area contributed by atoms with Crippen LogP contribution in [0.2, 0.25) is 11.8 Å². The van der Waals surface area contributed by atoms with Crippen LogP contribution < -0.4 is 10.6 Å². The summed E-state index contributed by atoms with van der Waals surface area (Å²) >= 11 is 5.95. The van der Waals surface area contributed by atoms with Crippen LogP contribution in [0, 0.1) is 5.92 Å². The largest absolute Gasteiger partial charge is 0.437 e. The van der Waals surface area contributed by atoms with Gasteiger partial charge in [-0.25, -0.2) is 4.79 Å². The first-order valence-electron chi connectivity index (χ1n) is 7.75.